The highest BCUT2D eigenvalue weighted by atomic mass is 32.2. The van der Waals surface area contributed by atoms with E-state index in [2.05, 4.69) is 11.8 Å². The zero-order valence-corrected chi connectivity index (χ0v) is 9.72. The minimum atomic E-state index is -0.675. The van der Waals surface area contributed by atoms with E-state index in [-0.39, 0.29) is 6.04 Å². The molecule has 2 atom stereocenters. The number of hydrogen-bond acceptors (Lipinski definition) is 3. The number of hydrogen-bond donors (Lipinski definition) is 1. The van der Waals surface area contributed by atoms with Crippen LogP contribution >= 0.6 is 11.8 Å². The van der Waals surface area contributed by atoms with Gasteiger partial charge in [-0.2, -0.15) is 11.8 Å². The van der Waals surface area contributed by atoms with E-state index < -0.39 is 5.97 Å². The number of carbonyl (C=O) groups is 1. The quantitative estimate of drug-likeness (QED) is 0.760. The van der Waals surface area contributed by atoms with Gasteiger partial charge in [0.1, 0.15) is 6.04 Å². The highest BCUT2D eigenvalue weighted by Crippen LogP contribution is 2.24. The third-order valence-electron chi connectivity index (χ3n) is 2.81. The Kier molecular flexibility index (Phi) is 4.75. The van der Waals surface area contributed by atoms with Gasteiger partial charge in [0.05, 0.1) is 0 Å². The van der Waals surface area contributed by atoms with Gasteiger partial charge in [0.2, 0.25) is 0 Å². The van der Waals surface area contributed by atoms with Crippen LogP contribution in [0.5, 0.6) is 0 Å². The van der Waals surface area contributed by atoms with Crippen LogP contribution in [-0.4, -0.2) is 46.1 Å². The first-order chi connectivity index (χ1) is 6.70. The largest absolute Gasteiger partial charge is 0.480 e. The van der Waals surface area contributed by atoms with E-state index in [1.165, 1.54) is 5.75 Å². The van der Waals surface area contributed by atoms with E-state index in [4.69, 9.17) is 5.11 Å². The first-order valence-electron chi connectivity index (χ1n) is 5.27. The highest BCUT2D eigenvalue weighted by Gasteiger charge is 2.30. The molecule has 0 amide bonds. The average Bonchev–Trinajstić information content (AvgIpc) is 2.65. The molecular weight excluding hydrogens is 198 g/mol. The predicted molar refractivity (Wildman–Crippen MR) is 59.8 cm³/mol. The lowest BCUT2D eigenvalue weighted by Gasteiger charge is -2.31. The second-order valence-corrected chi connectivity index (χ2v) is 4.76. The lowest BCUT2D eigenvalue weighted by Crippen LogP contribution is -2.47. The van der Waals surface area contributed by atoms with Crippen molar-refractivity contribution in [3.05, 3.63) is 0 Å². The Balaban J connectivity index is 2.62. The van der Waals surface area contributed by atoms with Crippen molar-refractivity contribution in [1.82, 2.24) is 4.90 Å². The first kappa shape index (κ1) is 11.9. The molecule has 1 aliphatic heterocycles. The van der Waals surface area contributed by atoms with Crippen LogP contribution in [0.1, 0.15) is 26.7 Å². The Morgan fingerprint density at radius 3 is 2.71 bits per heavy atom. The zero-order valence-electron chi connectivity index (χ0n) is 8.90. The highest BCUT2D eigenvalue weighted by molar-refractivity contribution is 7.99. The smallest absolute Gasteiger partial charge is 0.320 e. The zero-order chi connectivity index (χ0) is 10.6. The molecule has 0 spiro atoms. The molecule has 0 unspecified atom stereocenters. The van der Waals surface area contributed by atoms with E-state index in [0.29, 0.717) is 12.5 Å². The van der Waals surface area contributed by atoms with Gasteiger partial charge in [-0.3, -0.25) is 9.69 Å². The molecule has 0 aliphatic carbocycles. The van der Waals surface area contributed by atoms with Crippen LogP contribution < -0.4 is 0 Å². The number of aliphatic carboxylic acids is 1. The number of thioether (sulfide) groups is 1. The SMILES string of the molecule is CC[C@H](C(=O)O)N(CC)[C@H]1CCSC1. The van der Waals surface area contributed by atoms with Crippen LogP contribution in [0.25, 0.3) is 0 Å². The molecule has 0 saturated carbocycles. The van der Waals surface area contributed by atoms with Crippen LogP contribution in [0.15, 0.2) is 0 Å². The van der Waals surface area contributed by atoms with E-state index in [1.54, 1.807) is 0 Å². The molecule has 0 aromatic carbocycles. The topological polar surface area (TPSA) is 40.5 Å². The number of rotatable bonds is 5. The van der Waals surface area contributed by atoms with E-state index >= 15 is 0 Å². The van der Waals surface area contributed by atoms with Crippen LogP contribution in [0.3, 0.4) is 0 Å². The molecular formula is C10H19NO2S. The van der Waals surface area contributed by atoms with Gasteiger partial charge in [0.25, 0.3) is 0 Å². The minimum absolute atomic E-state index is 0.288. The molecule has 1 N–H and O–H groups in total. The maximum Gasteiger partial charge on any atom is 0.320 e. The van der Waals surface area contributed by atoms with Crippen molar-refractivity contribution in [1.29, 1.82) is 0 Å². The van der Waals surface area contributed by atoms with Gasteiger partial charge in [0, 0.05) is 11.8 Å². The van der Waals surface area contributed by atoms with Crippen molar-refractivity contribution in [3.8, 4) is 0 Å². The molecule has 1 rings (SSSR count). The summed E-state index contributed by atoms with van der Waals surface area (Å²) in [7, 11) is 0. The fourth-order valence-corrected chi connectivity index (χ4v) is 3.30. The van der Waals surface area contributed by atoms with Gasteiger partial charge in [0.15, 0.2) is 0 Å². The lowest BCUT2D eigenvalue weighted by molar-refractivity contribution is -0.144. The summed E-state index contributed by atoms with van der Waals surface area (Å²) in [6.07, 6.45) is 1.84. The summed E-state index contributed by atoms with van der Waals surface area (Å²) in [5, 5.41) is 9.09. The number of carboxylic acids is 1. The lowest BCUT2D eigenvalue weighted by atomic mass is 10.1. The minimum Gasteiger partial charge on any atom is -0.480 e. The Morgan fingerprint density at radius 1 is 1.64 bits per heavy atom. The molecule has 0 aromatic heterocycles. The number of carboxylic acid groups (broad SMARTS) is 1. The summed E-state index contributed by atoms with van der Waals surface area (Å²) in [6, 6.07) is 0.190. The molecule has 0 radical (unpaired) electrons. The van der Waals surface area contributed by atoms with E-state index in [1.807, 2.05) is 18.7 Å². The van der Waals surface area contributed by atoms with Crippen molar-refractivity contribution < 1.29 is 9.90 Å². The summed E-state index contributed by atoms with van der Waals surface area (Å²) in [5.74, 6) is 1.60. The summed E-state index contributed by atoms with van der Waals surface area (Å²) in [5.41, 5.74) is 0. The number of likely N-dealkylation sites (N-methyl/N-ethyl adjacent to an activating group) is 1. The van der Waals surface area contributed by atoms with Crippen LogP contribution in [0.4, 0.5) is 0 Å². The molecule has 1 fully saturated rings. The standard InChI is InChI=1S/C10H19NO2S/c1-3-9(10(12)13)11(4-2)8-5-6-14-7-8/h8-9H,3-7H2,1-2H3,(H,12,13)/t8-,9+/m0/s1. The van der Waals surface area contributed by atoms with Gasteiger partial charge >= 0.3 is 5.97 Å². The van der Waals surface area contributed by atoms with Gasteiger partial charge in [-0.15, -0.1) is 0 Å². The van der Waals surface area contributed by atoms with E-state index in [0.717, 1.165) is 18.7 Å². The molecule has 1 saturated heterocycles. The van der Waals surface area contributed by atoms with Crippen molar-refractivity contribution in [2.75, 3.05) is 18.1 Å². The summed E-state index contributed by atoms with van der Waals surface area (Å²) < 4.78 is 0. The van der Waals surface area contributed by atoms with Gasteiger partial charge < -0.3 is 5.11 Å². The van der Waals surface area contributed by atoms with Crippen molar-refractivity contribution in [2.45, 2.75) is 38.8 Å². The average molecular weight is 217 g/mol. The predicted octanol–water partition coefficient (Wildman–Crippen LogP) is 1.68. The molecule has 82 valence electrons. The Morgan fingerprint density at radius 2 is 2.36 bits per heavy atom. The Labute approximate surface area is 89.9 Å². The third kappa shape index (κ3) is 2.64. The van der Waals surface area contributed by atoms with Crippen LogP contribution in [-0.2, 0) is 4.79 Å². The number of nitrogens with zero attached hydrogens (tertiary/aromatic N) is 1. The Bertz CT molecular complexity index is 193. The van der Waals surface area contributed by atoms with Gasteiger partial charge in [-0.1, -0.05) is 13.8 Å². The van der Waals surface area contributed by atoms with Gasteiger partial charge in [-0.05, 0) is 25.1 Å². The first-order valence-corrected chi connectivity index (χ1v) is 6.42. The van der Waals surface area contributed by atoms with E-state index in [9.17, 15) is 4.79 Å². The molecule has 4 heteroatoms. The normalized spacial score (nSPS) is 24.1. The van der Waals surface area contributed by atoms with Gasteiger partial charge in [-0.25, -0.2) is 0 Å². The molecule has 1 heterocycles. The van der Waals surface area contributed by atoms with Crippen molar-refractivity contribution in [2.24, 2.45) is 0 Å². The monoisotopic (exact) mass is 217 g/mol. The maximum atomic E-state index is 11.0. The fourth-order valence-electron chi connectivity index (χ4n) is 2.07. The Hall–Kier alpha value is -0.220. The van der Waals surface area contributed by atoms with Crippen molar-refractivity contribution >= 4 is 17.7 Å². The third-order valence-corrected chi connectivity index (χ3v) is 3.96. The second-order valence-electron chi connectivity index (χ2n) is 3.61. The molecule has 0 bridgehead atoms. The van der Waals surface area contributed by atoms with Crippen LogP contribution in [0.2, 0.25) is 0 Å². The molecule has 0 aromatic rings. The fraction of sp³-hybridized carbons (Fsp3) is 0.900. The molecule has 3 nitrogen and oxygen atoms in total. The summed E-state index contributed by atoms with van der Waals surface area (Å²) in [6.45, 7) is 4.84. The molecule has 14 heavy (non-hydrogen) atoms. The van der Waals surface area contributed by atoms with Crippen molar-refractivity contribution in [3.63, 3.8) is 0 Å². The maximum absolute atomic E-state index is 11.0. The molecule has 1 aliphatic rings. The second kappa shape index (κ2) is 5.61. The summed E-state index contributed by atoms with van der Waals surface area (Å²) in [4.78, 5) is 13.2. The summed E-state index contributed by atoms with van der Waals surface area (Å²) >= 11 is 1.93. The van der Waals surface area contributed by atoms with Crippen LogP contribution in [0, 0.1) is 0 Å².